The lowest BCUT2D eigenvalue weighted by Crippen LogP contribution is -2.22. The van der Waals surface area contributed by atoms with Crippen molar-refractivity contribution < 1.29 is 24.6 Å². The Morgan fingerprint density at radius 2 is 1.63 bits per heavy atom. The summed E-state index contributed by atoms with van der Waals surface area (Å²) >= 11 is 0. The number of aromatic hydroxyl groups is 1. The second-order valence-electron chi connectivity index (χ2n) is 6.73. The summed E-state index contributed by atoms with van der Waals surface area (Å²) in [4.78, 5) is 24.0. The number of benzene rings is 3. The van der Waals surface area contributed by atoms with Crippen LogP contribution in [0.4, 0.5) is 10.5 Å². The molecule has 0 unspecified atom stereocenters. The average molecular weight is 406 g/mol. The van der Waals surface area contributed by atoms with Gasteiger partial charge >= 0.3 is 6.09 Å². The molecule has 0 fully saturated rings. The maximum absolute atomic E-state index is 12.6. The molecular formula is C23H22N2O5. The van der Waals surface area contributed by atoms with Gasteiger partial charge in [-0.25, -0.2) is 10.3 Å². The summed E-state index contributed by atoms with van der Waals surface area (Å²) in [5.74, 6) is -0.994. The van der Waals surface area contributed by atoms with E-state index >= 15 is 0 Å². The molecule has 0 aliphatic carbocycles. The van der Waals surface area contributed by atoms with Gasteiger partial charge in [0.05, 0.1) is 0 Å². The van der Waals surface area contributed by atoms with Crippen LogP contribution in [0.15, 0.2) is 78.9 Å². The Labute approximate surface area is 173 Å². The van der Waals surface area contributed by atoms with Gasteiger partial charge in [-0.2, -0.15) is 0 Å². The lowest BCUT2D eigenvalue weighted by Gasteiger charge is -2.24. The van der Waals surface area contributed by atoms with E-state index in [1.165, 1.54) is 17.6 Å². The van der Waals surface area contributed by atoms with Crippen molar-refractivity contribution in [3.05, 3.63) is 84.4 Å². The fraction of sp³-hybridized carbons (Fsp3) is 0.130. The highest BCUT2D eigenvalue weighted by atomic mass is 16.6. The minimum Gasteiger partial charge on any atom is -0.507 e. The van der Waals surface area contributed by atoms with Gasteiger partial charge in [-0.15, -0.1) is 0 Å². The van der Waals surface area contributed by atoms with Crippen molar-refractivity contribution in [3.63, 3.8) is 0 Å². The molecule has 0 aliphatic rings. The van der Waals surface area contributed by atoms with Crippen LogP contribution in [0.25, 0.3) is 10.8 Å². The van der Waals surface area contributed by atoms with Crippen LogP contribution in [-0.2, 0) is 9.53 Å². The van der Waals surface area contributed by atoms with Crippen LogP contribution in [0.1, 0.15) is 18.6 Å². The number of phenols is 1. The van der Waals surface area contributed by atoms with E-state index in [-0.39, 0.29) is 5.75 Å². The number of fused-ring (bicyclic) bond motifs is 1. The fourth-order valence-electron chi connectivity index (χ4n) is 3.17. The van der Waals surface area contributed by atoms with Crippen molar-refractivity contribution >= 4 is 28.5 Å². The van der Waals surface area contributed by atoms with Gasteiger partial charge in [0, 0.05) is 28.6 Å². The summed E-state index contributed by atoms with van der Waals surface area (Å²) in [6.45, 7) is 1.78. The molecule has 30 heavy (non-hydrogen) atoms. The predicted octanol–water partition coefficient (Wildman–Crippen LogP) is 4.53. The zero-order valence-electron chi connectivity index (χ0n) is 16.3. The number of carbonyl (C=O) groups is 2. The Morgan fingerprint density at radius 1 is 0.967 bits per heavy atom. The van der Waals surface area contributed by atoms with Gasteiger partial charge < -0.3 is 9.84 Å². The molecule has 0 spiro atoms. The van der Waals surface area contributed by atoms with E-state index in [0.29, 0.717) is 16.6 Å². The Balaban J connectivity index is 1.96. The first kappa shape index (κ1) is 20.9. The highest BCUT2D eigenvalue weighted by molar-refractivity contribution is 5.92. The van der Waals surface area contributed by atoms with Gasteiger partial charge in [0.25, 0.3) is 5.91 Å². The van der Waals surface area contributed by atoms with Crippen molar-refractivity contribution in [1.29, 1.82) is 0 Å². The summed E-state index contributed by atoms with van der Waals surface area (Å²) in [6, 6.07) is 19.4. The van der Waals surface area contributed by atoms with Crippen molar-refractivity contribution in [1.82, 2.24) is 5.48 Å². The molecule has 2 atom stereocenters. The maximum Gasteiger partial charge on any atom is 0.412 e. The predicted molar refractivity (Wildman–Crippen MR) is 113 cm³/mol. The lowest BCUT2D eigenvalue weighted by atomic mass is 9.92. The van der Waals surface area contributed by atoms with Gasteiger partial charge in [0.1, 0.15) is 11.9 Å². The standard InChI is InChI=1S/C23H22N2O5/c1-15(11-14-21(27)25-29)22(30-23(28)24-16-7-3-2-4-8-16)19-12-13-20(26)18-10-6-5-9-17(18)19/h2-15,22,26,29H,1H3,(H,24,28)(H,25,27)/b14-11+/t15-,22+/m0/s1. The maximum atomic E-state index is 12.6. The van der Waals surface area contributed by atoms with Crippen molar-refractivity contribution in [2.24, 2.45) is 5.92 Å². The number of para-hydroxylation sites is 1. The van der Waals surface area contributed by atoms with Crippen molar-refractivity contribution in [2.75, 3.05) is 5.32 Å². The zero-order valence-corrected chi connectivity index (χ0v) is 16.3. The SMILES string of the molecule is C[C@@H](/C=C/C(=O)NO)[C@@H](OC(=O)Nc1ccccc1)c1ccc(O)c2ccccc12. The van der Waals surface area contributed by atoms with Gasteiger partial charge in [-0.05, 0) is 23.6 Å². The molecule has 4 N–H and O–H groups in total. The quantitative estimate of drug-likeness (QED) is 0.273. The van der Waals surface area contributed by atoms with Crippen LogP contribution >= 0.6 is 0 Å². The second kappa shape index (κ2) is 9.58. The minimum absolute atomic E-state index is 0.115. The number of hydrogen-bond acceptors (Lipinski definition) is 5. The van der Waals surface area contributed by atoms with E-state index < -0.39 is 24.0 Å². The molecule has 7 nitrogen and oxygen atoms in total. The van der Waals surface area contributed by atoms with E-state index in [4.69, 9.17) is 9.94 Å². The Bertz CT molecular complexity index is 1070. The van der Waals surface area contributed by atoms with Crippen molar-refractivity contribution in [3.8, 4) is 5.75 Å². The van der Waals surface area contributed by atoms with Gasteiger partial charge in [0.15, 0.2) is 0 Å². The first-order valence-corrected chi connectivity index (χ1v) is 9.35. The molecule has 0 saturated heterocycles. The monoisotopic (exact) mass is 406 g/mol. The Hall–Kier alpha value is -3.84. The minimum atomic E-state index is -0.762. The number of ether oxygens (including phenoxy) is 1. The second-order valence-corrected chi connectivity index (χ2v) is 6.73. The number of hydrogen-bond donors (Lipinski definition) is 4. The third-order valence-electron chi connectivity index (χ3n) is 4.63. The first-order valence-electron chi connectivity index (χ1n) is 9.35. The molecular weight excluding hydrogens is 384 g/mol. The van der Waals surface area contributed by atoms with Crippen LogP contribution in [-0.4, -0.2) is 22.3 Å². The lowest BCUT2D eigenvalue weighted by molar-refractivity contribution is -0.124. The number of anilines is 1. The van der Waals surface area contributed by atoms with E-state index in [1.54, 1.807) is 55.5 Å². The summed E-state index contributed by atoms with van der Waals surface area (Å²) in [7, 11) is 0. The molecule has 3 aromatic rings. The third-order valence-corrected chi connectivity index (χ3v) is 4.63. The van der Waals surface area contributed by atoms with Crippen LogP contribution in [0.5, 0.6) is 5.75 Å². The summed E-state index contributed by atoms with van der Waals surface area (Å²) in [5.41, 5.74) is 2.79. The van der Waals surface area contributed by atoms with Gasteiger partial charge in [-0.1, -0.05) is 61.5 Å². The smallest absolute Gasteiger partial charge is 0.412 e. The van der Waals surface area contributed by atoms with Crippen LogP contribution < -0.4 is 10.8 Å². The highest BCUT2D eigenvalue weighted by Crippen LogP contribution is 2.36. The van der Waals surface area contributed by atoms with E-state index in [2.05, 4.69) is 5.32 Å². The normalized spacial score (nSPS) is 13.0. The molecule has 0 aliphatic heterocycles. The number of phenolic OH excluding ortho intramolecular Hbond substituents is 1. The Kier molecular flexibility index (Phi) is 6.67. The Morgan fingerprint density at radius 3 is 2.33 bits per heavy atom. The summed E-state index contributed by atoms with van der Waals surface area (Å²) < 4.78 is 5.74. The molecule has 0 heterocycles. The summed E-state index contributed by atoms with van der Waals surface area (Å²) in [5, 5.41) is 22.9. The van der Waals surface area contributed by atoms with Gasteiger partial charge in [-0.3, -0.25) is 15.3 Å². The first-order chi connectivity index (χ1) is 14.5. The molecule has 0 bridgehead atoms. The van der Waals surface area contributed by atoms with Crippen LogP contribution in [0.3, 0.4) is 0 Å². The molecule has 3 aromatic carbocycles. The van der Waals surface area contributed by atoms with Gasteiger partial charge in [0.2, 0.25) is 0 Å². The molecule has 0 aromatic heterocycles. The van der Waals surface area contributed by atoms with Crippen LogP contribution in [0.2, 0.25) is 0 Å². The number of amides is 2. The summed E-state index contributed by atoms with van der Waals surface area (Å²) in [6.07, 6.45) is 1.28. The van der Waals surface area contributed by atoms with Crippen molar-refractivity contribution in [2.45, 2.75) is 13.0 Å². The number of hydroxylamine groups is 1. The highest BCUT2D eigenvalue weighted by Gasteiger charge is 2.25. The zero-order chi connectivity index (χ0) is 21.5. The van der Waals surface area contributed by atoms with Crippen LogP contribution in [0, 0.1) is 5.92 Å². The molecule has 2 amide bonds. The topological polar surface area (TPSA) is 108 Å². The van der Waals surface area contributed by atoms with E-state index in [1.807, 2.05) is 18.2 Å². The largest absolute Gasteiger partial charge is 0.507 e. The van der Waals surface area contributed by atoms with E-state index in [9.17, 15) is 14.7 Å². The molecule has 0 radical (unpaired) electrons. The molecule has 7 heteroatoms. The average Bonchev–Trinajstić information content (AvgIpc) is 2.77. The molecule has 3 rings (SSSR count). The third kappa shape index (κ3) is 4.95. The molecule has 154 valence electrons. The fourth-order valence-corrected chi connectivity index (χ4v) is 3.17. The molecule has 0 saturated carbocycles. The number of carbonyl (C=O) groups excluding carboxylic acids is 2. The number of rotatable bonds is 6. The van der Waals surface area contributed by atoms with E-state index in [0.717, 1.165) is 5.39 Å². The number of nitrogens with one attached hydrogen (secondary N) is 2.